The third kappa shape index (κ3) is 2.63. The molecular formula is C19H25NS. The molecular weight excluding hydrogens is 274 g/mol. The Morgan fingerprint density at radius 3 is 2.24 bits per heavy atom. The highest BCUT2D eigenvalue weighted by Gasteiger charge is 2.26. The van der Waals surface area contributed by atoms with Crippen molar-refractivity contribution in [2.45, 2.75) is 65.2 Å². The monoisotopic (exact) mass is 299 g/mol. The summed E-state index contributed by atoms with van der Waals surface area (Å²) in [5.74, 6) is 1.08. The Kier molecular flexibility index (Phi) is 4.10. The molecule has 112 valence electrons. The standard InChI is InChI=1S/C19H25NS/c1-13(2)15-8-7-9-16(14(3)4)19(15)20-12-21-18-11-6-5-10-17(18)20/h7-9,13-14H,5-6,10-11H2,1-4H3. The van der Waals surface area contributed by atoms with Crippen molar-refractivity contribution < 1.29 is 0 Å². The van der Waals surface area contributed by atoms with Gasteiger partial charge in [0.25, 0.3) is 0 Å². The molecule has 0 atom stereocenters. The minimum Gasteiger partial charge on any atom is -0.270 e. The van der Waals surface area contributed by atoms with Crippen molar-refractivity contribution in [3.05, 3.63) is 39.9 Å². The highest BCUT2D eigenvalue weighted by Crippen LogP contribution is 2.43. The molecule has 1 aliphatic carbocycles. The maximum atomic E-state index is 3.58. The van der Waals surface area contributed by atoms with E-state index in [0.717, 1.165) is 0 Å². The van der Waals surface area contributed by atoms with Gasteiger partial charge in [0, 0.05) is 15.9 Å². The number of nitrogens with zero attached hydrogens (tertiary/aromatic N) is 1. The van der Waals surface area contributed by atoms with Gasteiger partial charge in [-0.25, -0.2) is 0 Å². The van der Waals surface area contributed by atoms with Crippen molar-refractivity contribution in [2.24, 2.45) is 0 Å². The molecule has 0 spiro atoms. The zero-order valence-electron chi connectivity index (χ0n) is 13.6. The first kappa shape index (κ1) is 14.7. The van der Waals surface area contributed by atoms with Gasteiger partial charge in [-0.1, -0.05) is 57.1 Å². The second-order valence-electron chi connectivity index (χ2n) is 6.70. The van der Waals surface area contributed by atoms with Gasteiger partial charge in [-0.05, 0) is 48.6 Å². The number of hydrogen-bond acceptors (Lipinski definition) is 1. The number of allylic oxidation sites excluding steroid dienone is 2. The third-order valence-corrected chi connectivity index (χ3v) is 5.45. The zero-order valence-corrected chi connectivity index (χ0v) is 14.4. The SMILES string of the molecule is CC(C)c1cccc(C(C)C)c1N1C#SC2=C1CCCC2. The molecule has 1 aromatic rings. The maximum absolute atomic E-state index is 3.58. The van der Waals surface area contributed by atoms with Crippen molar-refractivity contribution >= 4 is 16.9 Å². The van der Waals surface area contributed by atoms with Gasteiger partial charge in [0.05, 0.1) is 5.69 Å². The molecule has 0 radical (unpaired) electrons. The number of benzene rings is 1. The van der Waals surface area contributed by atoms with Crippen molar-refractivity contribution in [1.29, 1.82) is 0 Å². The second kappa shape index (κ2) is 5.87. The molecule has 0 fully saturated rings. The summed E-state index contributed by atoms with van der Waals surface area (Å²) in [5.41, 5.74) is 5.82. The van der Waals surface area contributed by atoms with Crippen LogP contribution in [0.15, 0.2) is 28.8 Å². The van der Waals surface area contributed by atoms with Gasteiger partial charge in [0.1, 0.15) is 0 Å². The average molecular weight is 299 g/mol. The van der Waals surface area contributed by atoms with Crippen molar-refractivity contribution in [2.75, 3.05) is 4.90 Å². The van der Waals surface area contributed by atoms with Crippen LogP contribution in [-0.4, -0.2) is 0 Å². The van der Waals surface area contributed by atoms with Crippen molar-refractivity contribution in [1.82, 2.24) is 0 Å². The van der Waals surface area contributed by atoms with E-state index in [1.807, 2.05) is 11.2 Å². The molecule has 1 aliphatic heterocycles. The van der Waals surface area contributed by atoms with Crippen LogP contribution in [0.2, 0.25) is 0 Å². The number of anilines is 1. The van der Waals surface area contributed by atoms with Crippen LogP contribution in [0.5, 0.6) is 0 Å². The van der Waals surface area contributed by atoms with Gasteiger partial charge < -0.3 is 0 Å². The lowest BCUT2D eigenvalue weighted by Gasteiger charge is -2.29. The van der Waals surface area contributed by atoms with Gasteiger partial charge in [-0.2, -0.15) is 0 Å². The summed E-state index contributed by atoms with van der Waals surface area (Å²) in [4.78, 5) is 3.94. The highest BCUT2D eigenvalue weighted by atomic mass is 32.1. The van der Waals surface area contributed by atoms with Crippen molar-refractivity contribution in [3.8, 4) is 5.31 Å². The Morgan fingerprint density at radius 1 is 1.00 bits per heavy atom. The van der Waals surface area contributed by atoms with Gasteiger partial charge >= 0.3 is 0 Å². The molecule has 1 nitrogen and oxygen atoms in total. The first-order valence-electron chi connectivity index (χ1n) is 8.17. The van der Waals surface area contributed by atoms with E-state index in [0.29, 0.717) is 11.8 Å². The minimum absolute atomic E-state index is 0.541. The van der Waals surface area contributed by atoms with Gasteiger partial charge in [-0.3, -0.25) is 4.90 Å². The topological polar surface area (TPSA) is 3.24 Å². The van der Waals surface area contributed by atoms with Gasteiger partial charge in [0.2, 0.25) is 0 Å². The molecule has 0 bridgehead atoms. The van der Waals surface area contributed by atoms with E-state index >= 15 is 0 Å². The molecule has 2 heteroatoms. The lowest BCUT2D eigenvalue weighted by molar-refractivity contribution is 0.685. The van der Waals surface area contributed by atoms with E-state index in [-0.39, 0.29) is 0 Å². The van der Waals surface area contributed by atoms with Crippen LogP contribution in [0, 0.1) is 5.31 Å². The third-order valence-electron chi connectivity index (χ3n) is 4.49. The van der Waals surface area contributed by atoms with E-state index in [1.54, 1.807) is 4.91 Å². The van der Waals surface area contributed by atoms with E-state index in [2.05, 4.69) is 56.1 Å². The Morgan fingerprint density at radius 2 is 1.62 bits per heavy atom. The first-order valence-corrected chi connectivity index (χ1v) is 8.98. The minimum atomic E-state index is 0.541. The molecule has 1 aromatic carbocycles. The predicted octanol–water partition coefficient (Wildman–Crippen LogP) is 6.19. The molecule has 3 rings (SSSR count). The second-order valence-corrected chi connectivity index (χ2v) is 7.58. The molecule has 2 aliphatic rings. The van der Waals surface area contributed by atoms with Gasteiger partial charge in [-0.15, -0.1) is 0 Å². The van der Waals surface area contributed by atoms with Crippen LogP contribution in [-0.2, 0) is 0 Å². The Labute approximate surface area is 132 Å². The zero-order chi connectivity index (χ0) is 15.0. The summed E-state index contributed by atoms with van der Waals surface area (Å²) >= 11 is 1.83. The van der Waals surface area contributed by atoms with Crippen LogP contribution in [0.1, 0.15) is 76.3 Å². The molecule has 0 saturated heterocycles. The Hall–Kier alpha value is -1.24. The van der Waals surface area contributed by atoms with Crippen LogP contribution < -0.4 is 4.90 Å². The van der Waals surface area contributed by atoms with Crippen LogP contribution >= 0.6 is 11.2 Å². The molecule has 0 aromatic heterocycles. The summed E-state index contributed by atoms with van der Waals surface area (Å²) in [6.45, 7) is 9.18. The van der Waals surface area contributed by atoms with Gasteiger partial charge in [0.15, 0.2) is 0 Å². The molecule has 1 heterocycles. The smallest absolute Gasteiger partial charge is 0.0613 e. The average Bonchev–Trinajstić information content (AvgIpc) is 2.90. The highest BCUT2D eigenvalue weighted by molar-refractivity contribution is 7.93. The number of hydrogen-bond donors (Lipinski definition) is 0. The fraction of sp³-hybridized carbons (Fsp3) is 0.526. The summed E-state index contributed by atoms with van der Waals surface area (Å²) in [6.07, 6.45) is 5.10. The predicted molar refractivity (Wildman–Crippen MR) is 94.1 cm³/mol. The lowest BCUT2D eigenvalue weighted by atomic mass is 9.91. The normalized spacial score (nSPS) is 17.7. The van der Waals surface area contributed by atoms with Crippen LogP contribution in [0.25, 0.3) is 0 Å². The molecule has 0 amide bonds. The maximum Gasteiger partial charge on any atom is 0.0613 e. The van der Waals surface area contributed by atoms with Crippen molar-refractivity contribution in [3.63, 3.8) is 0 Å². The molecule has 0 unspecified atom stereocenters. The number of para-hydroxylation sites is 1. The Balaban J connectivity index is 2.14. The summed E-state index contributed by atoms with van der Waals surface area (Å²) < 4.78 is 0. The quantitative estimate of drug-likeness (QED) is 0.643. The molecule has 0 saturated carbocycles. The van der Waals surface area contributed by atoms with E-state index in [4.69, 9.17) is 0 Å². The van der Waals surface area contributed by atoms with Crippen LogP contribution in [0.4, 0.5) is 5.69 Å². The summed E-state index contributed by atoms with van der Waals surface area (Å²) in [6, 6.07) is 6.80. The first-order chi connectivity index (χ1) is 10.1. The van der Waals surface area contributed by atoms with E-state index in [1.165, 1.54) is 48.2 Å². The van der Waals surface area contributed by atoms with Crippen LogP contribution in [0.3, 0.4) is 0 Å². The van der Waals surface area contributed by atoms with E-state index < -0.39 is 0 Å². The fourth-order valence-electron chi connectivity index (χ4n) is 3.31. The summed E-state index contributed by atoms with van der Waals surface area (Å²) in [7, 11) is 0. The van der Waals surface area contributed by atoms with E-state index in [9.17, 15) is 0 Å². The fourth-order valence-corrected chi connectivity index (χ4v) is 4.28. The summed E-state index contributed by atoms with van der Waals surface area (Å²) in [5, 5.41) is 3.58. The lowest BCUT2D eigenvalue weighted by Crippen LogP contribution is -2.20. The number of rotatable bonds is 3. The Bertz CT molecular complexity index is 617. The molecule has 0 N–H and O–H groups in total. The molecule has 21 heavy (non-hydrogen) atoms. The largest absolute Gasteiger partial charge is 0.270 e.